The molecule has 0 spiro atoms. The fourth-order valence-corrected chi connectivity index (χ4v) is 3.05. The number of ether oxygens (including phenoxy) is 1. The Morgan fingerprint density at radius 1 is 1.08 bits per heavy atom. The Morgan fingerprint density at radius 3 is 2.42 bits per heavy atom. The minimum Gasteiger partial charge on any atom is -0.365 e. The molecule has 0 unspecified atom stereocenters. The van der Waals surface area contributed by atoms with Crippen molar-refractivity contribution in [1.82, 2.24) is 9.78 Å². The molecular weight excluding hydrogens is 326 g/mol. The monoisotopic (exact) mass is 347 g/mol. The smallest absolute Gasteiger partial charge is 0.276 e. The van der Waals surface area contributed by atoms with Crippen molar-refractivity contribution in [3.8, 4) is 0 Å². The summed E-state index contributed by atoms with van der Waals surface area (Å²) in [4.78, 5) is 12.5. The van der Waals surface area contributed by atoms with Crippen LogP contribution in [0.25, 0.3) is 0 Å². The van der Waals surface area contributed by atoms with E-state index in [-0.39, 0.29) is 12.0 Å². The molecule has 0 saturated carbocycles. The first-order valence-electron chi connectivity index (χ1n) is 8.71. The fraction of sp³-hybridized carbons (Fsp3) is 0.238. The lowest BCUT2D eigenvalue weighted by Gasteiger charge is -2.24. The molecule has 0 radical (unpaired) electrons. The first-order valence-corrected chi connectivity index (χ1v) is 8.71. The van der Waals surface area contributed by atoms with E-state index in [9.17, 15) is 4.79 Å². The van der Waals surface area contributed by atoms with Gasteiger partial charge in [0.25, 0.3) is 5.91 Å². The van der Waals surface area contributed by atoms with Gasteiger partial charge in [-0.05, 0) is 37.6 Å². The van der Waals surface area contributed by atoms with Crippen LogP contribution < -0.4 is 5.32 Å². The van der Waals surface area contributed by atoms with Crippen LogP contribution in [-0.2, 0) is 17.9 Å². The first kappa shape index (κ1) is 16.5. The molecule has 3 aromatic rings. The zero-order valence-electron chi connectivity index (χ0n) is 14.9. The van der Waals surface area contributed by atoms with Crippen LogP contribution in [0.3, 0.4) is 0 Å². The molecule has 1 amide bonds. The number of aryl methyl sites for hydroxylation is 2. The molecule has 0 saturated heterocycles. The van der Waals surface area contributed by atoms with Crippen molar-refractivity contribution in [2.75, 3.05) is 5.32 Å². The zero-order chi connectivity index (χ0) is 18.1. The van der Waals surface area contributed by atoms with Gasteiger partial charge in [0, 0.05) is 5.69 Å². The van der Waals surface area contributed by atoms with Crippen LogP contribution in [0.5, 0.6) is 0 Å². The maximum atomic E-state index is 12.5. The van der Waals surface area contributed by atoms with Crippen molar-refractivity contribution in [2.24, 2.45) is 0 Å². The molecule has 1 N–H and O–H groups in total. The molecule has 1 aliphatic rings. The molecule has 4 rings (SSSR count). The third-order valence-corrected chi connectivity index (χ3v) is 4.63. The highest BCUT2D eigenvalue weighted by atomic mass is 16.5. The Bertz CT molecular complexity index is 927. The van der Waals surface area contributed by atoms with Gasteiger partial charge in [0.1, 0.15) is 6.10 Å². The molecule has 5 nitrogen and oxygen atoms in total. The number of rotatable bonds is 3. The topological polar surface area (TPSA) is 56.2 Å². The van der Waals surface area contributed by atoms with Gasteiger partial charge in [-0.25, -0.2) is 0 Å². The maximum Gasteiger partial charge on any atom is 0.276 e. The molecule has 1 aromatic heterocycles. The number of aromatic nitrogens is 2. The first-order chi connectivity index (χ1) is 12.6. The number of amides is 1. The number of fused-ring (bicyclic) bond motifs is 1. The van der Waals surface area contributed by atoms with E-state index < -0.39 is 0 Å². The maximum absolute atomic E-state index is 12.5. The number of carbonyl (C=O) groups excluding carboxylic acids is 1. The Labute approximate surface area is 152 Å². The molecular formula is C21H21N3O2. The van der Waals surface area contributed by atoms with Crippen molar-refractivity contribution in [1.29, 1.82) is 0 Å². The van der Waals surface area contributed by atoms with Gasteiger partial charge in [-0.1, -0.05) is 47.5 Å². The van der Waals surface area contributed by atoms with Gasteiger partial charge >= 0.3 is 0 Å². The van der Waals surface area contributed by atoms with E-state index in [1.54, 1.807) is 6.07 Å². The van der Waals surface area contributed by atoms with Gasteiger partial charge in [0.2, 0.25) is 0 Å². The highest BCUT2D eigenvalue weighted by molar-refractivity contribution is 6.02. The average molecular weight is 347 g/mol. The molecule has 2 aromatic carbocycles. The number of nitrogens with zero attached hydrogens (tertiary/aromatic N) is 2. The van der Waals surface area contributed by atoms with Crippen molar-refractivity contribution in [2.45, 2.75) is 33.1 Å². The van der Waals surface area contributed by atoms with E-state index in [0.29, 0.717) is 18.8 Å². The van der Waals surface area contributed by atoms with E-state index in [4.69, 9.17) is 4.74 Å². The number of hydrogen-bond donors (Lipinski definition) is 1. The molecule has 0 bridgehead atoms. The molecule has 0 fully saturated rings. The highest BCUT2D eigenvalue weighted by Gasteiger charge is 2.24. The molecule has 5 heteroatoms. The standard InChI is InChI=1S/C21H21N3O2/c1-14-3-7-16(8-4-14)20-12-24-18(13-26-20)11-19(23-24)21(25)22-17-9-5-15(2)6-10-17/h3-11,20H,12-13H2,1-2H3,(H,22,25)/t20-/m1/s1. The van der Waals surface area contributed by atoms with Crippen LogP contribution >= 0.6 is 0 Å². The molecule has 0 aliphatic carbocycles. The van der Waals surface area contributed by atoms with E-state index in [0.717, 1.165) is 22.5 Å². The Kier molecular flexibility index (Phi) is 4.31. The quantitative estimate of drug-likeness (QED) is 0.778. The highest BCUT2D eigenvalue weighted by Crippen LogP contribution is 2.27. The van der Waals surface area contributed by atoms with Gasteiger partial charge in [-0.2, -0.15) is 5.10 Å². The van der Waals surface area contributed by atoms with Crippen molar-refractivity contribution in [3.63, 3.8) is 0 Å². The van der Waals surface area contributed by atoms with Crippen molar-refractivity contribution >= 4 is 11.6 Å². The van der Waals surface area contributed by atoms with Crippen LogP contribution in [0.15, 0.2) is 54.6 Å². The number of hydrogen-bond acceptors (Lipinski definition) is 3. The third-order valence-electron chi connectivity index (χ3n) is 4.63. The van der Waals surface area contributed by atoms with Crippen LogP contribution in [0, 0.1) is 13.8 Å². The zero-order valence-corrected chi connectivity index (χ0v) is 14.9. The molecule has 132 valence electrons. The molecule has 2 heterocycles. The Morgan fingerprint density at radius 2 is 1.73 bits per heavy atom. The second-order valence-electron chi connectivity index (χ2n) is 6.73. The summed E-state index contributed by atoms with van der Waals surface area (Å²) in [7, 11) is 0. The average Bonchev–Trinajstić information content (AvgIpc) is 3.08. The van der Waals surface area contributed by atoms with Crippen LogP contribution in [-0.4, -0.2) is 15.7 Å². The summed E-state index contributed by atoms with van der Waals surface area (Å²) in [5, 5.41) is 7.37. The van der Waals surface area contributed by atoms with Crippen LogP contribution in [0.2, 0.25) is 0 Å². The summed E-state index contributed by atoms with van der Waals surface area (Å²) in [6.45, 7) is 5.13. The Hall–Kier alpha value is -2.92. The molecule has 26 heavy (non-hydrogen) atoms. The Balaban J connectivity index is 1.49. The predicted molar refractivity (Wildman–Crippen MR) is 100 cm³/mol. The minimum atomic E-state index is -0.206. The number of benzene rings is 2. The summed E-state index contributed by atoms with van der Waals surface area (Å²) in [6.07, 6.45) is -0.0454. The summed E-state index contributed by atoms with van der Waals surface area (Å²) >= 11 is 0. The summed E-state index contributed by atoms with van der Waals surface area (Å²) < 4.78 is 7.84. The normalized spacial score (nSPS) is 16.2. The third kappa shape index (κ3) is 3.39. The summed E-state index contributed by atoms with van der Waals surface area (Å²) in [5.41, 5.74) is 5.60. The second-order valence-corrected chi connectivity index (χ2v) is 6.73. The van der Waals surface area contributed by atoms with Crippen molar-refractivity contribution in [3.05, 3.63) is 82.7 Å². The van der Waals surface area contributed by atoms with Gasteiger partial charge in [-0.15, -0.1) is 0 Å². The lowest BCUT2D eigenvalue weighted by atomic mass is 10.1. The van der Waals surface area contributed by atoms with Crippen LogP contribution in [0.4, 0.5) is 5.69 Å². The number of nitrogens with one attached hydrogen (secondary N) is 1. The van der Waals surface area contributed by atoms with E-state index in [1.165, 1.54) is 5.56 Å². The molecule has 1 atom stereocenters. The number of anilines is 1. The van der Waals surface area contributed by atoms with Gasteiger partial charge in [-0.3, -0.25) is 9.48 Å². The number of carbonyl (C=O) groups is 1. The van der Waals surface area contributed by atoms with Crippen LogP contribution in [0.1, 0.15) is 39.0 Å². The lowest BCUT2D eigenvalue weighted by molar-refractivity contribution is -0.00119. The fourth-order valence-electron chi connectivity index (χ4n) is 3.05. The molecule has 1 aliphatic heterocycles. The largest absolute Gasteiger partial charge is 0.365 e. The second kappa shape index (κ2) is 6.77. The van der Waals surface area contributed by atoms with Gasteiger partial charge in [0.15, 0.2) is 5.69 Å². The van der Waals surface area contributed by atoms with Gasteiger partial charge in [0.05, 0.1) is 18.8 Å². The van der Waals surface area contributed by atoms with Crippen molar-refractivity contribution < 1.29 is 9.53 Å². The minimum absolute atomic E-state index is 0.0454. The van der Waals surface area contributed by atoms with Gasteiger partial charge < -0.3 is 10.1 Å². The van der Waals surface area contributed by atoms with E-state index in [1.807, 2.05) is 35.9 Å². The predicted octanol–water partition coefficient (Wildman–Crippen LogP) is 4.02. The van der Waals surface area contributed by atoms with E-state index in [2.05, 4.69) is 41.6 Å². The lowest BCUT2D eigenvalue weighted by Crippen LogP contribution is -2.22. The van der Waals surface area contributed by atoms with E-state index >= 15 is 0 Å². The summed E-state index contributed by atoms with van der Waals surface area (Å²) in [6, 6.07) is 17.8. The summed E-state index contributed by atoms with van der Waals surface area (Å²) in [5.74, 6) is -0.206. The SMILES string of the molecule is Cc1ccc(NC(=O)c2cc3n(n2)C[C@H](c2ccc(C)cc2)OC3)cc1.